The van der Waals surface area contributed by atoms with Gasteiger partial charge in [0.2, 0.25) is 0 Å². The maximum atomic E-state index is 9.86. The molecule has 38 valence electrons. The molecular formula is CFe2OS2. The monoisotopic (exact) mass is 204 g/mol. The molecule has 0 atom stereocenters. The van der Waals surface area contributed by atoms with Gasteiger partial charge < -0.3 is 0 Å². The van der Waals surface area contributed by atoms with E-state index in [9.17, 15) is 4.79 Å². The molecule has 0 amide bonds. The summed E-state index contributed by atoms with van der Waals surface area (Å²) in [6.07, 6.45) is 0. The third kappa shape index (κ3) is 3.34. The van der Waals surface area contributed by atoms with Crippen LogP contribution in [0.3, 0.4) is 0 Å². The van der Waals surface area contributed by atoms with Gasteiger partial charge in [-0.15, -0.1) is 0 Å². The van der Waals surface area contributed by atoms with Gasteiger partial charge in [0.25, 0.3) is 0 Å². The molecule has 0 rings (SSSR count). The summed E-state index contributed by atoms with van der Waals surface area (Å²) in [5.74, 6) is 0. The van der Waals surface area contributed by atoms with Crippen LogP contribution in [-0.4, -0.2) is 3.58 Å². The van der Waals surface area contributed by atoms with Gasteiger partial charge >= 0.3 is 56.1 Å². The zero-order valence-electron chi connectivity index (χ0n) is 2.43. The van der Waals surface area contributed by atoms with Crippen molar-refractivity contribution in [3.05, 3.63) is 0 Å². The Kier molecular flexibility index (Phi) is 3.80. The average Bonchev–Trinajstić information content (AvgIpc) is 1.36. The van der Waals surface area contributed by atoms with Crippen LogP contribution in [0.15, 0.2) is 0 Å². The van der Waals surface area contributed by atoms with Crippen LogP contribution in [0.4, 0.5) is 4.79 Å². The van der Waals surface area contributed by atoms with Crippen LogP contribution < -0.4 is 0 Å². The molecule has 0 aromatic carbocycles. The fraction of sp³-hybridized carbons (Fsp3) is 0. The van der Waals surface area contributed by atoms with E-state index in [0.29, 0.717) is 0 Å². The summed E-state index contributed by atoms with van der Waals surface area (Å²) >= 11 is 3.03. The second kappa shape index (κ2) is 3.19. The first-order valence-corrected chi connectivity index (χ1v) is 5.23. The molecule has 0 aromatic heterocycles. The third-order valence-electron chi connectivity index (χ3n) is 0.110. The van der Waals surface area contributed by atoms with Crippen molar-refractivity contribution < 1.29 is 31.4 Å². The van der Waals surface area contributed by atoms with E-state index in [2.05, 4.69) is 37.1 Å². The molecule has 0 saturated heterocycles. The number of hydrogen-bond acceptors (Lipinski definition) is 3. The van der Waals surface area contributed by atoms with Crippen molar-refractivity contribution in [3.8, 4) is 0 Å². The second-order valence-corrected chi connectivity index (χ2v) is 5.63. The van der Waals surface area contributed by atoms with Gasteiger partial charge in [-0.25, -0.2) is 0 Å². The normalized spacial score (nSPS) is 9.00. The van der Waals surface area contributed by atoms with Crippen LogP contribution in [0.5, 0.6) is 0 Å². The van der Waals surface area contributed by atoms with Crippen molar-refractivity contribution >= 4 is 24.7 Å². The van der Waals surface area contributed by atoms with E-state index in [1.165, 1.54) is 0 Å². The van der Waals surface area contributed by atoms with Gasteiger partial charge in [-0.1, -0.05) is 0 Å². The molecule has 0 unspecified atom stereocenters. The van der Waals surface area contributed by atoms with E-state index in [-0.39, 0.29) is 3.58 Å². The van der Waals surface area contributed by atoms with E-state index in [4.69, 9.17) is 0 Å². The van der Waals surface area contributed by atoms with Gasteiger partial charge in [-0.2, -0.15) is 0 Å². The Balaban J connectivity index is 3.94. The van der Waals surface area contributed by atoms with Gasteiger partial charge in [0.05, 0.1) is 0 Å². The van der Waals surface area contributed by atoms with Gasteiger partial charge in [0.1, 0.15) is 0 Å². The van der Waals surface area contributed by atoms with Crippen molar-refractivity contribution in [2.45, 2.75) is 0 Å². The van der Waals surface area contributed by atoms with Crippen molar-refractivity contribution in [2.75, 3.05) is 0 Å². The number of hydrogen-bond donors (Lipinski definition) is 0. The van der Waals surface area contributed by atoms with Crippen LogP contribution in [0.2, 0.25) is 0 Å². The summed E-state index contributed by atoms with van der Waals surface area (Å²) in [5, 5.41) is 0. The molecule has 0 N–H and O–H groups in total. The first-order valence-electron chi connectivity index (χ1n) is 0.846. The Morgan fingerprint density at radius 2 is 1.83 bits per heavy atom. The second-order valence-electron chi connectivity index (χ2n) is 0.410. The van der Waals surface area contributed by atoms with Gasteiger partial charge in [0.15, 0.2) is 0 Å². The summed E-state index contributed by atoms with van der Waals surface area (Å²) in [6.45, 7) is 0. The average molecular weight is 204 g/mol. The van der Waals surface area contributed by atoms with Crippen molar-refractivity contribution in [1.82, 2.24) is 0 Å². The summed E-state index contributed by atoms with van der Waals surface area (Å²) in [7, 11) is 7.39. The Bertz CT molecular complexity index is 118. The summed E-state index contributed by atoms with van der Waals surface area (Å²) < 4.78 is -0.278. The number of carbonyl (C=O) groups excluding carboxylic acids is 1. The Morgan fingerprint density at radius 3 is 1.83 bits per heavy atom. The van der Waals surface area contributed by atoms with Crippen molar-refractivity contribution in [3.63, 3.8) is 0 Å². The topological polar surface area (TPSA) is 17.1 Å². The van der Waals surface area contributed by atoms with Gasteiger partial charge in [-0.3, -0.25) is 0 Å². The van der Waals surface area contributed by atoms with Crippen LogP contribution in [0.25, 0.3) is 0 Å². The number of rotatable bonds is 1. The van der Waals surface area contributed by atoms with E-state index in [1.54, 1.807) is 0 Å². The molecule has 0 bridgehead atoms. The first-order chi connectivity index (χ1) is 2.64. The van der Waals surface area contributed by atoms with Crippen LogP contribution in [0, 0.1) is 0 Å². The summed E-state index contributed by atoms with van der Waals surface area (Å²) in [4.78, 5) is 9.86. The molecule has 5 heteroatoms. The molecule has 0 fully saturated rings. The van der Waals surface area contributed by atoms with E-state index in [1.807, 2.05) is 0 Å². The minimum absolute atomic E-state index is 0.278. The number of carbonyl (C=O) groups is 1. The predicted molar refractivity (Wildman–Crippen MR) is 20.6 cm³/mol. The molecule has 0 aliphatic rings. The quantitative estimate of drug-likeness (QED) is 0.602. The summed E-state index contributed by atoms with van der Waals surface area (Å²) in [6, 6.07) is 0. The van der Waals surface area contributed by atoms with E-state index in [0.717, 1.165) is 0 Å². The van der Waals surface area contributed by atoms with Crippen LogP contribution in [0.1, 0.15) is 0 Å². The third-order valence-corrected chi connectivity index (χ3v) is 3.33. The Morgan fingerprint density at radius 1 is 1.67 bits per heavy atom. The van der Waals surface area contributed by atoms with Crippen molar-refractivity contribution in [1.29, 1.82) is 0 Å². The molecule has 0 heterocycles. The maximum absolute atomic E-state index is 9.86. The van der Waals surface area contributed by atoms with Crippen LogP contribution in [-0.2, 0) is 26.7 Å². The Hall–Kier alpha value is 1.15. The fourth-order valence-electron chi connectivity index (χ4n) is 0. The molecule has 0 aliphatic carbocycles. The molecular weight excluding hydrogens is 204 g/mol. The zero-order chi connectivity index (χ0) is 5.15. The summed E-state index contributed by atoms with van der Waals surface area (Å²) in [5.41, 5.74) is 0. The predicted octanol–water partition coefficient (Wildman–Crippen LogP) is 1.50. The molecule has 0 spiro atoms. The molecule has 1 nitrogen and oxygen atoms in total. The van der Waals surface area contributed by atoms with Crippen molar-refractivity contribution in [2.24, 2.45) is 0 Å². The molecule has 0 radical (unpaired) electrons. The van der Waals surface area contributed by atoms with E-state index < -0.39 is 10.6 Å². The van der Waals surface area contributed by atoms with E-state index >= 15 is 0 Å². The first kappa shape index (κ1) is 7.15. The molecule has 0 saturated carbocycles. The Labute approximate surface area is 55.9 Å². The standard InChI is InChI=1S/CO.2Fe.2S/c1-2;;;;. The SMILES string of the molecule is O=[C]([Fe])[Fe](=[S])=[S]. The van der Waals surface area contributed by atoms with Gasteiger partial charge in [-0.05, 0) is 0 Å². The zero-order valence-corrected chi connectivity index (χ0v) is 6.27. The fourth-order valence-corrected chi connectivity index (χ4v) is 0. The van der Waals surface area contributed by atoms with Crippen LogP contribution >= 0.6 is 21.1 Å². The molecule has 6 heavy (non-hydrogen) atoms. The minimum atomic E-state index is -1.39. The van der Waals surface area contributed by atoms with Gasteiger partial charge in [0, 0.05) is 0 Å². The molecule has 0 aromatic rings. The molecule has 0 aliphatic heterocycles.